The minimum Gasteiger partial charge on any atom is -0.354 e. The van der Waals surface area contributed by atoms with Crippen molar-refractivity contribution in [3.8, 4) is 0 Å². The molecule has 0 bridgehead atoms. The molecule has 4 atom stereocenters. The van der Waals surface area contributed by atoms with Gasteiger partial charge in [-0.2, -0.15) is 4.31 Å². The van der Waals surface area contributed by atoms with Gasteiger partial charge in [-0.3, -0.25) is 18.9 Å². The van der Waals surface area contributed by atoms with E-state index in [0.717, 1.165) is 10.6 Å². The van der Waals surface area contributed by atoms with Crippen molar-refractivity contribution < 1.29 is 46.6 Å². The molecule has 0 aliphatic carbocycles. The van der Waals surface area contributed by atoms with Gasteiger partial charge in [-0.05, 0) is 12.8 Å². The maximum absolute atomic E-state index is 11.9. The minimum absolute atomic E-state index is 0.166. The lowest BCUT2D eigenvalue weighted by Crippen LogP contribution is -2.31. The van der Waals surface area contributed by atoms with Crippen LogP contribution in [0.1, 0.15) is 19.1 Å². The van der Waals surface area contributed by atoms with Crippen molar-refractivity contribution in [2.45, 2.75) is 25.2 Å². The molecule has 0 saturated carbocycles. The van der Waals surface area contributed by atoms with Crippen molar-refractivity contribution >= 4 is 23.2 Å². The second-order valence-electron chi connectivity index (χ2n) is 5.25. The van der Waals surface area contributed by atoms with Gasteiger partial charge >= 0.3 is 28.9 Å². The normalized spacial score (nSPS) is 25.5. The lowest BCUT2D eigenvalue weighted by molar-refractivity contribution is 0.00769. The van der Waals surface area contributed by atoms with Crippen LogP contribution in [0.5, 0.6) is 0 Å². The maximum atomic E-state index is 11.9. The molecular weight excluding hydrogens is 421 g/mol. The topological polar surface area (TPSA) is 215 Å². The zero-order chi connectivity index (χ0) is 19.8. The summed E-state index contributed by atoms with van der Waals surface area (Å²) in [4.78, 5) is 60.4. The summed E-state index contributed by atoms with van der Waals surface area (Å²) in [6.45, 7) is 0. The molecule has 1 aromatic heterocycles. The van der Waals surface area contributed by atoms with Crippen LogP contribution >= 0.6 is 23.2 Å². The van der Waals surface area contributed by atoms with E-state index in [9.17, 15) is 28.2 Å². The minimum atomic E-state index is -5.51. The summed E-state index contributed by atoms with van der Waals surface area (Å²) >= 11 is 0. The Morgan fingerprint density at radius 2 is 1.81 bits per heavy atom. The molecule has 1 aliphatic rings. The van der Waals surface area contributed by atoms with Gasteiger partial charge in [-0.25, -0.2) is 18.2 Å². The van der Waals surface area contributed by atoms with Gasteiger partial charge in [0.15, 0.2) is 0 Å². The number of rotatable bonds is 7. The number of aromatic nitrogens is 2. The molecule has 14 nitrogen and oxygen atoms in total. The van der Waals surface area contributed by atoms with Gasteiger partial charge in [0.1, 0.15) is 6.23 Å². The summed E-state index contributed by atoms with van der Waals surface area (Å²) in [5, 5.41) is 0. The monoisotopic (exact) mass is 436 g/mol. The first kappa shape index (κ1) is 21.4. The number of aromatic amines is 1. The summed E-state index contributed by atoms with van der Waals surface area (Å²) < 4.78 is 47.6. The third kappa shape index (κ3) is 6.36. The molecule has 148 valence electrons. The number of hydrogen-bond acceptors (Lipinski definition) is 8. The van der Waals surface area contributed by atoms with E-state index in [1.165, 1.54) is 6.20 Å². The van der Waals surface area contributed by atoms with Crippen LogP contribution in [0.15, 0.2) is 21.9 Å². The smallest absolute Gasteiger partial charge is 0.354 e. The average Bonchev–Trinajstić information content (AvgIpc) is 2.81. The predicted molar refractivity (Wildman–Crippen MR) is 83.2 cm³/mol. The fourth-order valence-electron chi connectivity index (χ4n) is 2.28. The van der Waals surface area contributed by atoms with Crippen molar-refractivity contribution in [2.24, 2.45) is 0 Å². The number of nitrogens with one attached hydrogen (secondary N) is 1. The molecule has 0 radical (unpaired) electrons. The molecule has 2 unspecified atom stereocenters. The molecule has 1 aliphatic heterocycles. The molecule has 1 aromatic rings. The fourth-order valence-corrected chi connectivity index (χ4v) is 6.08. The van der Waals surface area contributed by atoms with Gasteiger partial charge < -0.3 is 24.3 Å². The summed E-state index contributed by atoms with van der Waals surface area (Å²) in [6.07, 6.45) is -1.04. The first-order valence-electron chi connectivity index (χ1n) is 6.86. The number of hydrogen-bond donors (Lipinski definition) is 5. The van der Waals surface area contributed by atoms with Crippen LogP contribution in [-0.4, -0.2) is 41.4 Å². The Morgan fingerprint density at radius 1 is 1.15 bits per heavy atom. The molecular formula is C9H15N2O12P3. The molecule has 17 heteroatoms. The highest BCUT2D eigenvalue weighted by Crippen LogP contribution is 2.66. The van der Waals surface area contributed by atoms with Crippen LogP contribution in [0, 0.1) is 0 Å². The predicted octanol–water partition coefficient (Wildman–Crippen LogP) is -0.374. The van der Waals surface area contributed by atoms with Crippen molar-refractivity contribution in [3.63, 3.8) is 0 Å². The quantitative estimate of drug-likeness (QED) is 0.346. The molecule has 0 aromatic carbocycles. The molecule has 2 heterocycles. The van der Waals surface area contributed by atoms with Crippen LogP contribution in [0.2, 0.25) is 0 Å². The molecule has 2 rings (SSSR count). The lowest BCUT2D eigenvalue weighted by atomic mass is 10.2. The van der Waals surface area contributed by atoms with Gasteiger partial charge in [0.2, 0.25) is 0 Å². The van der Waals surface area contributed by atoms with Crippen molar-refractivity contribution in [1.29, 1.82) is 0 Å². The molecule has 5 N–H and O–H groups in total. The van der Waals surface area contributed by atoms with Crippen LogP contribution in [0.4, 0.5) is 0 Å². The first-order chi connectivity index (χ1) is 11.8. The van der Waals surface area contributed by atoms with Crippen molar-refractivity contribution in [2.75, 3.05) is 6.16 Å². The summed E-state index contributed by atoms with van der Waals surface area (Å²) in [6, 6.07) is 1.08. The molecule has 1 saturated heterocycles. The second kappa shape index (κ2) is 7.61. The Balaban J connectivity index is 2.02. The van der Waals surface area contributed by atoms with Gasteiger partial charge in [-0.1, -0.05) is 0 Å². The van der Waals surface area contributed by atoms with E-state index in [-0.39, 0.29) is 12.8 Å². The van der Waals surface area contributed by atoms with E-state index in [1.807, 2.05) is 4.98 Å². The van der Waals surface area contributed by atoms with E-state index in [4.69, 9.17) is 19.4 Å². The van der Waals surface area contributed by atoms with Gasteiger partial charge in [0.25, 0.3) is 5.56 Å². The highest BCUT2D eigenvalue weighted by atomic mass is 31.3. The Labute approximate surface area is 144 Å². The molecule has 0 spiro atoms. The number of ether oxygens (including phenoxy) is 1. The van der Waals surface area contributed by atoms with Crippen molar-refractivity contribution in [1.82, 2.24) is 9.55 Å². The van der Waals surface area contributed by atoms with Crippen LogP contribution in [-0.2, 0) is 27.1 Å². The molecule has 1 fully saturated rings. The molecule has 26 heavy (non-hydrogen) atoms. The van der Waals surface area contributed by atoms with Gasteiger partial charge in [-0.15, -0.1) is 0 Å². The van der Waals surface area contributed by atoms with E-state index >= 15 is 0 Å². The standard InChI is InChI=1S/C9H15N2O12P3/c12-7-3-4-11(9(13)10-7)8-2-1-6(21-8)5-24(14,15)22-26(19,20)23-25(16,17)18/h3-4,6,8H,1-2,5H2,(H,14,15)(H,19,20)(H,10,12,13)(H2,16,17,18)/t6-,8+/m0/s1. The van der Waals surface area contributed by atoms with Crippen LogP contribution in [0.25, 0.3) is 0 Å². The Morgan fingerprint density at radius 3 is 2.38 bits per heavy atom. The van der Waals surface area contributed by atoms with Gasteiger partial charge in [0, 0.05) is 12.3 Å². The van der Waals surface area contributed by atoms with E-state index < -0.39 is 53.0 Å². The third-order valence-corrected chi connectivity index (χ3v) is 7.51. The number of phosphoric acid groups is 2. The first-order valence-corrected chi connectivity index (χ1v) is 11.6. The lowest BCUT2D eigenvalue weighted by Gasteiger charge is -2.19. The van der Waals surface area contributed by atoms with Gasteiger partial charge in [0.05, 0.1) is 12.3 Å². The number of H-pyrrole nitrogens is 1. The third-order valence-electron chi connectivity index (χ3n) is 3.12. The SMILES string of the molecule is O=c1ccn([C@H]2CC[C@@H](CP(=O)(O)OP(=O)(O)OP(=O)(O)O)O2)c(=O)[nH]1. The Hall–Kier alpha value is -0.910. The van der Waals surface area contributed by atoms with E-state index in [2.05, 4.69) is 8.62 Å². The molecule has 0 amide bonds. The second-order valence-corrected chi connectivity index (χ2v) is 10.1. The van der Waals surface area contributed by atoms with Crippen LogP contribution in [0.3, 0.4) is 0 Å². The highest BCUT2D eigenvalue weighted by molar-refractivity contribution is 7.68. The Bertz CT molecular complexity index is 917. The zero-order valence-electron chi connectivity index (χ0n) is 12.8. The van der Waals surface area contributed by atoms with Crippen LogP contribution < -0.4 is 11.2 Å². The highest BCUT2D eigenvalue weighted by Gasteiger charge is 2.42. The fraction of sp³-hybridized carbons (Fsp3) is 0.556. The Kier molecular flexibility index (Phi) is 6.26. The summed E-state index contributed by atoms with van der Waals surface area (Å²) in [5.41, 5.74) is -1.36. The zero-order valence-corrected chi connectivity index (χ0v) is 15.5. The number of nitrogens with zero attached hydrogens (tertiary/aromatic N) is 1. The maximum Gasteiger partial charge on any atom is 0.488 e. The average molecular weight is 436 g/mol. The van der Waals surface area contributed by atoms with E-state index in [1.54, 1.807) is 0 Å². The summed E-state index contributed by atoms with van der Waals surface area (Å²) in [7, 11) is -15.8. The van der Waals surface area contributed by atoms with Crippen molar-refractivity contribution in [3.05, 3.63) is 33.1 Å². The largest absolute Gasteiger partial charge is 0.488 e. The van der Waals surface area contributed by atoms with E-state index in [0.29, 0.717) is 0 Å². The summed E-state index contributed by atoms with van der Waals surface area (Å²) in [5.74, 6) is 0.